The lowest BCUT2D eigenvalue weighted by Crippen LogP contribution is -2.56. The van der Waals surface area contributed by atoms with E-state index in [2.05, 4.69) is 11.9 Å². The van der Waals surface area contributed by atoms with Gasteiger partial charge in [-0.05, 0) is 68.1 Å². The molecule has 0 aromatic carbocycles. The zero-order valence-corrected chi connectivity index (χ0v) is 13.6. The molecule has 5 aliphatic carbocycles. The number of hydrogen-bond acceptors (Lipinski definition) is 1. The first kappa shape index (κ1) is 14.1. The molecule has 0 heterocycles. The van der Waals surface area contributed by atoms with E-state index in [4.69, 9.17) is 0 Å². The number of nitrogens with zero attached hydrogens (tertiary/aromatic N) is 1. The molecule has 0 aliphatic heterocycles. The lowest BCUT2D eigenvalue weighted by atomic mass is 9.54. The van der Waals surface area contributed by atoms with Gasteiger partial charge >= 0.3 is 0 Å². The van der Waals surface area contributed by atoms with Crippen LogP contribution in [-0.2, 0) is 4.79 Å². The van der Waals surface area contributed by atoms with E-state index < -0.39 is 0 Å². The monoisotopic (exact) mass is 289 g/mol. The summed E-state index contributed by atoms with van der Waals surface area (Å²) in [6, 6.07) is 0.592. The van der Waals surface area contributed by atoms with E-state index >= 15 is 0 Å². The second-order valence-electron chi connectivity index (χ2n) is 8.62. The van der Waals surface area contributed by atoms with Gasteiger partial charge in [-0.2, -0.15) is 0 Å². The van der Waals surface area contributed by atoms with Gasteiger partial charge in [0.1, 0.15) is 0 Å². The Morgan fingerprint density at radius 1 is 0.952 bits per heavy atom. The average molecular weight is 289 g/mol. The molecule has 0 aromatic heterocycles. The van der Waals surface area contributed by atoms with Crippen molar-refractivity contribution in [3.05, 3.63) is 0 Å². The highest BCUT2D eigenvalue weighted by atomic mass is 16.2. The van der Waals surface area contributed by atoms with Crippen molar-refractivity contribution in [3.8, 4) is 0 Å². The minimum absolute atomic E-state index is 0.444. The molecule has 0 spiro atoms. The molecule has 0 N–H and O–H groups in total. The molecular weight excluding hydrogens is 258 g/mol. The highest BCUT2D eigenvalue weighted by Gasteiger charge is 2.50. The number of rotatable bonds is 4. The first-order valence-electron chi connectivity index (χ1n) is 9.46. The van der Waals surface area contributed by atoms with Gasteiger partial charge in [-0.3, -0.25) is 4.79 Å². The van der Waals surface area contributed by atoms with Crippen LogP contribution in [0, 0.1) is 29.6 Å². The maximum Gasteiger partial charge on any atom is 0.222 e. The normalized spacial score (nSPS) is 41.7. The van der Waals surface area contributed by atoms with Crippen LogP contribution in [0.2, 0.25) is 0 Å². The zero-order valence-electron chi connectivity index (χ0n) is 13.6. The minimum atomic E-state index is 0.444. The van der Waals surface area contributed by atoms with Gasteiger partial charge in [-0.25, -0.2) is 0 Å². The van der Waals surface area contributed by atoms with E-state index in [0.717, 1.165) is 42.4 Å². The fourth-order valence-electron chi connectivity index (χ4n) is 6.50. The van der Waals surface area contributed by atoms with Crippen LogP contribution in [0.15, 0.2) is 0 Å². The van der Waals surface area contributed by atoms with E-state index in [1.54, 1.807) is 0 Å². The Morgan fingerprint density at radius 3 is 2.10 bits per heavy atom. The molecule has 2 nitrogen and oxygen atoms in total. The first-order chi connectivity index (χ1) is 10.2. The predicted octanol–water partition coefficient (Wildman–Crippen LogP) is 4.24. The van der Waals surface area contributed by atoms with Gasteiger partial charge in [0.2, 0.25) is 5.91 Å². The lowest BCUT2D eigenvalue weighted by Gasteiger charge is -2.56. The Hall–Kier alpha value is -0.530. The maximum atomic E-state index is 12.6. The van der Waals surface area contributed by atoms with Crippen molar-refractivity contribution >= 4 is 5.91 Å². The van der Waals surface area contributed by atoms with Crippen LogP contribution in [0.4, 0.5) is 0 Å². The molecule has 5 aliphatic rings. The fraction of sp³-hybridized carbons (Fsp3) is 0.947. The molecule has 0 saturated heterocycles. The fourth-order valence-corrected chi connectivity index (χ4v) is 6.50. The molecule has 5 rings (SSSR count). The Morgan fingerprint density at radius 2 is 1.52 bits per heavy atom. The summed E-state index contributed by atoms with van der Waals surface area (Å²) >= 11 is 0. The molecule has 5 fully saturated rings. The predicted molar refractivity (Wildman–Crippen MR) is 84.8 cm³/mol. The summed E-state index contributed by atoms with van der Waals surface area (Å²) in [5.41, 5.74) is 0. The summed E-state index contributed by atoms with van der Waals surface area (Å²) in [5, 5.41) is 0. The Bertz CT molecular complexity index is 370. The van der Waals surface area contributed by atoms with Crippen molar-refractivity contribution in [3.63, 3.8) is 0 Å². The van der Waals surface area contributed by atoms with Gasteiger partial charge in [0.25, 0.3) is 0 Å². The molecule has 0 aromatic rings. The van der Waals surface area contributed by atoms with E-state index in [0.29, 0.717) is 11.9 Å². The molecular formula is C19H31NO. The van der Waals surface area contributed by atoms with Crippen LogP contribution in [0.25, 0.3) is 0 Å². The topological polar surface area (TPSA) is 20.3 Å². The van der Waals surface area contributed by atoms with Crippen LogP contribution in [-0.4, -0.2) is 23.9 Å². The summed E-state index contributed by atoms with van der Waals surface area (Å²) in [7, 11) is 2.11. The van der Waals surface area contributed by atoms with Crippen molar-refractivity contribution in [2.45, 2.75) is 76.7 Å². The summed E-state index contributed by atoms with van der Waals surface area (Å²) in [4.78, 5) is 14.8. The molecule has 2 heteroatoms. The molecule has 1 amide bonds. The largest absolute Gasteiger partial charge is 0.342 e. The van der Waals surface area contributed by atoms with Crippen LogP contribution in [0.5, 0.6) is 0 Å². The van der Waals surface area contributed by atoms with E-state index in [1.807, 2.05) is 0 Å². The number of hydrogen-bond donors (Lipinski definition) is 0. The zero-order chi connectivity index (χ0) is 14.4. The van der Waals surface area contributed by atoms with Crippen LogP contribution in [0.1, 0.15) is 70.6 Å². The van der Waals surface area contributed by atoms with E-state index in [1.165, 1.54) is 57.8 Å². The molecule has 5 saturated carbocycles. The Kier molecular flexibility index (Phi) is 3.75. The van der Waals surface area contributed by atoms with Gasteiger partial charge in [0.05, 0.1) is 0 Å². The summed E-state index contributed by atoms with van der Waals surface area (Å²) in [6.45, 7) is 0. The highest BCUT2D eigenvalue weighted by Crippen LogP contribution is 2.55. The maximum absolute atomic E-state index is 12.6. The number of amides is 1. The van der Waals surface area contributed by atoms with Crippen LogP contribution < -0.4 is 0 Å². The summed E-state index contributed by atoms with van der Waals surface area (Å²) in [6.07, 6.45) is 14.6. The van der Waals surface area contributed by atoms with Gasteiger partial charge in [0.15, 0.2) is 0 Å². The van der Waals surface area contributed by atoms with Crippen LogP contribution in [0.3, 0.4) is 0 Å². The third kappa shape index (κ3) is 2.64. The highest BCUT2D eigenvalue weighted by molar-refractivity contribution is 5.76. The standard InChI is InChI=1S/C19H31NO/c1-20(18(21)7-6-13-4-2-3-5-13)19-16-9-14-8-15(11-16)12-17(19)10-14/h13-17,19H,2-12H2,1H3. The van der Waals surface area contributed by atoms with Gasteiger partial charge in [-0.1, -0.05) is 25.7 Å². The van der Waals surface area contributed by atoms with E-state index in [-0.39, 0.29) is 0 Å². The first-order valence-corrected chi connectivity index (χ1v) is 9.46. The molecule has 4 bridgehead atoms. The molecule has 0 radical (unpaired) electrons. The van der Waals surface area contributed by atoms with Crippen molar-refractivity contribution in [1.29, 1.82) is 0 Å². The van der Waals surface area contributed by atoms with Crippen molar-refractivity contribution in [2.24, 2.45) is 29.6 Å². The van der Waals surface area contributed by atoms with E-state index in [9.17, 15) is 4.79 Å². The number of carbonyl (C=O) groups excluding carboxylic acids is 1. The van der Waals surface area contributed by atoms with Gasteiger partial charge in [0, 0.05) is 19.5 Å². The molecule has 21 heavy (non-hydrogen) atoms. The van der Waals surface area contributed by atoms with Crippen molar-refractivity contribution in [1.82, 2.24) is 4.90 Å². The average Bonchev–Trinajstić information content (AvgIpc) is 2.96. The quantitative estimate of drug-likeness (QED) is 0.758. The smallest absolute Gasteiger partial charge is 0.222 e. The molecule has 0 atom stereocenters. The minimum Gasteiger partial charge on any atom is -0.342 e. The third-order valence-electron chi connectivity index (χ3n) is 7.26. The second-order valence-corrected chi connectivity index (χ2v) is 8.62. The Balaban J connectivity index is 1.35. The number of carbonyl (C=O) groups is 1. The van der Waals surface area contributed by atoms with Gasteiger partial charge < -0.3 is 4.90 Å². The third-order valence-corrected chi connectivity index (χ3v) is 7.26. The van der Waals surface area contributed by atoms with Gasteiger partial charge in [-0.15, -0.1) is 0 Å². The van der Waals surface area contributed by atoms with Crippen LogP contribution >= 0.6 is 0 Å². The molecule has 118 valence electrons. The van der Waals surface area contributed by atoms with Crippen molar-refractivity contribution in [2.75, 3.05) is 7.05 Å². The lowest BCUT2D eigenvalue weighted by molar-refractivity contribution is -0.141. The molecule has 0 unspecified atom stereocenters. The second kappa shape index (κ2) is 5.59. The SMILES string of the molecule is CN(C(=O)CCC1CCCC1)C1C2CC3CC(C2)CC1C3. The Labute approximate surface area is 129 Å². The summed E-state index contributed by atoms with van der Waals surface area (Å²) < 4.78 is 0. The van der Waals surface area contributed by atoms with Crippen molar-refractivity contribution < 1.29 is 4.79 Å². The summed E-state index contributed by atoms with van der Waals surface area (Å²) in [5.74, 6) is 4.97.